The van der Waals surface area contributed by atoms with Crippen molar-refractivity contribution in [3.63, 3.8) is 0 Å². The summed E-state index contributed by atoms with van der Waals surface area (Å²) in [5.74, 6) is 0.397. The normalized spacial score (nSPS) is 17.6. The Bertz CT molecular complexity index is 1220. The van der Waals surface area contributed by atoms with Crippen LogP contribution in [0, 0.1) is 12.8 Å². The van der Waals surface area contributed by atoms with Crippen LogP contribution >= 0.6 is 0 Å². The van der Waals surface area contributed by atoms with Crippen molar-refractivity contribution in [1.82, 2.24) is 0 Å². The minimum absolute atomic E-state index is 0.00485. The third-order valence-corrected chi connectivity index (χ3v) is 5.81. The summed E-state index contributed by atoms with van der Waals surface area (Å²) in [6.45, 7) is 8.54. The standard InChI is InChI=1S/C28H29NO5/c1-5-19-7-11-21(12-8-19)29-25(23-15-6-18(4)34-23)24(27(31)28(29)32)26(30)20-9-13-22(14-10-20)33-16-17(2)3/h6-15,17,25,30H,5,16H2,1-4H3/b26-24-. The Kier molecular flexibility index (Phi) is 6.59. The summed E-state index contributed by atoms with van der Waals surface area (Å²) < 4.78 is 11.5. The number of aliphatic hydroxyl groups excluding tert-OH is 1. The minimum atomic E-state index is -0.877. The molecular formula is C28H29NO5. The minimum Gasteiger partial charge on any atom is -0.507 e. The SMILES string of the molecule is CCc1ccc(N2C(=O)C(=O)/C(=C(\O)c3ccc(OCC(C)C)cc3)C2c2ccc(C)o2)cc1. The lowest BCUT2D eigenvalue weighted by Gasteiger charge is -2.23. The van der Waals surface area contributed by atoms with Crippen LogP contribution in [0.1, 0.15) is 49.5 Å². The maximum absolute atomic E-state index is 13.2. The molecule has 6 heteroatoms. The first-order valence-corrected chi connectivity index (χ1v) is 11.5. The molecule has 176 valence electrons. The molecule has 0 saturated carbocycles. The van der Waals surface area contributed by atoms with E-state index in [2.05, 4.69) is 13.8 Å². The van der Waals surface area contributed by atoms with Gasteiger partial charge in [-0.15, -0.1) is 0 Å². The molecule has 0 spiro atoms. The van der Waals surface area contributed by atoms with Gasteiger partial charge in [-0.25, -0.2) is 0 Å². The van der Waals surface area contributed by atoms with Crippen molar-refractivity contribution in [3.8, 4) is 5.75 Å². The molecule has 0 bridgehead atoms. The highest BCUT2D eigenvalue weighted by Gasteiger charge is 2.48. The van der Waals surface area contributed by atoms with E-state index in [0.717, 1.165) is 12.0 Å². The molecule has 1 atom stereocenters. The van der Waals surface area contributed by atoms with E-state index in [1.165, 1.54) is 4.90 Å². The number of benzene rings is 2. The van der Waals surface area contributed by atoms with Crippen LogP contribution in [0.15, 0.2) is 70.7 Å². The zero-order valence-corrected chi connectivity index (χ0v) is 19.9. The summed E-state index contributed by atoms with van der Waals surface area (Å²) >= 11 is 0. The molecule has 1 aliphatic rings. The lowest BCUT2D eigenvalue weighted by atomic mass is 9.99. The van der Waals surface area contributed by atoms with Gasteiger partial charge in [-0.1, -0.05) is 32.9 Å². The molecule has 2 aromatic carbocycles. The fourth-order valence-electron chi connectivity index (χ4n) is 3.99. The number of furan rings is 1. The fraction of sp³-hybridized carbons (Fsp3) is 0.286. The lowest BCUT2D eigenvalue weighted by Crippen LogP contribution is -2.29. The van der Waals surface area contributed by atoms with Crippen molar-refractivity contribution in [2.24, 2.45) is 5.92 Å². The summed E-state index contributed by atoms with van der Waals surface area (Å²) in [6.07, 6.45) is 0.858. The van der Waals surface area contributed by atoms with E-state index in [0.29, 0.717) is 41.0 Å². The number of ether oxygens (including phenoxy) is 1. The van der Waals surface area contributed by atoms with Crippen molar-refractivity contribution in [2.75, 3.05) is 11.5 Å². The fourth-order valence-corrected chi connectivity index (χ4v) is 3.99. The van der Waals surface area contributed by atoms with Gasteiger partial charge in [0.1, 0.15) is 29.1 Å². The summed E-state index contributed by atoms with van der Waals surface area (Å²) in [5.41, 5.74) is 2.10. The van der Waals surface area contributed by atoms with Crippen LogP contribution < -0.4 is 9.64 Å². The topological polar surface area (TPSA) is 80.0 Å². The van der Waals surface area contributed by atoms with Crippen molar-refractivity contribution < 1.29 is 23.8 Å². The van der Waals surface area contributed by atoms with Crippen LogP contribution in [0.3, 0.4) is 0 Å². The molecule has 1 saturated heterocycles. The van der Waals surface area contributed by atoms with Crippen LogP contribution in [-0.2, 0) is 16.0 Å². The average molecular weight is 460 g/mol. The van der Waals surface area contributed by atoms with Crippen LogP contribution in [0.4, 0.5) is 5.69 Å². The number of Topliss-reactive ketones (excluding diaryl/α,β-unsaturated/α-hetero) is 1. The van der Waals surface area contributed by atoms with Gasteiger partial charge in [-0.05, 0) is 73.4 Å². The molecule has 1 N–H and O–H groups in total. The molecule has 1 amide bonds. The molecule has 34 heavy (non-hydrogen) atoms. The maximum Gasteiger partial charge on any atom is 0.300 e. The highest BCUT2D eigenvalue weighted by atomic mass is 16.5. The highest BCUT2D eigenvalue weighted by molar-refractivity contribution is 6.51. The Morgan fingerprint density at radius 1 is 1.03 bits per heavy atom. The first-order chi connectivity index (χ1) is 16.3. The van der Waals surface area contributed by atoms with Crippen LogP contribution in [-0.4, -0.2) is 23.4 Å². The van der Waals surface area contributed by atoms with Crippen molar-refractivity contribution >= 4 is 23.1 Å². The van der Waals surface area contributed by atoms with Crippen LogP contribution in [0.25, 0.3) is 5.76 Å². The second kappa shape index (κ2) is 9.59. The molecule has 4 rings (SSSR count). The zero-order chi connectivity index (χ0) is 24.4. The lowest BCUT2D eigenvalue weighted by molar-refractivity contribution is -0.132. The molecular weight excluding hydrogens is 430 g/mol. The summed E-state index contributed by atoms with van der Waals surface area (Å²) in [5, 5.41) is 11.2. The molecule has 6 nitrogen and oxygen atoms in total. The van der Waals surface area contributed by atoms with E-state index >= 15 is 0 Å². The van der Waals surface area contributed by atoms with E-state index in [9.17, 15) is 14.7 Å². The number of nitrogens with zero attached hydrogens (tertiary/aromatic N) is 1. The van der Waals surface area contributed by atoms with E-state index in [1.807, 2.05) is 31.2 Å². The highest BCUT2D eigenvalue weighted by Crippen LogP contribution is 2.42. The molecule has 1 aromatic heterocycles. The number of anilines is 1. The van der Waals surface area contributed by atoms with Gasteiger partial charge in [-0.3, -0.25) is 14.5 Å². The molecule has 1 aliphatic heterocycles. The largest absolute Gasteiger partial charge is 0.507 e. The molecule has 3 aromatic rings. The Morgan fingerprint density at radius 2 is 1.71 bits per heavy atom. The Balaban J connectivity index is 1.78. The molecule has 1 unspecified atom stereocenters. The van der Waals surface area contributed by atoms with Crippen molar-refractivity contribution in [3.05, 3.63) is 88.9 Å². The first-order valence-electron chi connectivity index (χ1n) is 11.5. The Morgan fingerprint density at radius 3 is 2.26 bits per heavy atom. The first kappa shape index (κ1) is 23.4. The van der Waals surface area contributed by atoms with Gasteiger partial charge in [0.2, 0.25) is 0 Å². The van der Waals surface area contributed by atoms with E-state index in [-0.39, 0.29) is 11.3 Å². The van der Waals surface area contributed by atoms with E-state index in [4.69, 9.17) is 9.15 Å². The monoisotopic (exact) mass is 459 g/mol. The predicted octanol–water partition coefficient (Wildman–Crippen LogP) is 5.81. The van der Waals surface area contributed by atoms with Crippen molar-refractivity contribution in [2.45, 2.75) is 40.2 Å². The number of carbonyl (C=O) groups excluding carboxylic acids is 2. The van der Waals surface area contributed by atoms with Gasteiger partial charge in [0.15, 0.2) is 0 Å². The van der Waals surface area contributed by atoms with Gasteiger partial charge in [0, 0.05) is 11.3 Å². The number of amides is 1. The van der Waals surface area contributed by atoms with Gasteiger partial charge < -0.3 is 14.3 Å². The van der Waals surface area contributed by atoms with E-state index in [1.54, 1.807) is 43.3 Å². The second-order valence-corrected chi connectivity index (χ2v) is 8.87. The number of aliphatic hydroxyl groups is 1. The second-order valence-electron chi connectivity index (χ2n) is 8.87. The summed E-state index contributed by atoms with van der Waals surface area (Å²) in [4.78, 5) is 27.8. The van der Waals surface area contributed by atoms with Crippen LogP contribution in [0.5, 0.6) is 5.75 Å². The van der Waals surface area contributed by atoms with Gasteiger partial charge >= 0.3 is 0 Å². The van der Waals surface area contributed by atoms with Gasteiger partial charge in [0.25, 0.3) is 11.7 Å². The number of ketones is 1. The third-order valence-electron chi connectivity index (χ3n) is 5.81. The van der Waals surface area contributed by atoms with Crippen LogP contribution in [0.2, 0.25) is 0 Å². The molecule has 0 radical (unpaired) electrons. The number of rotatable bonds is 7. The summed E-state index contributed by atoms with van der Waals surface area (Å²) in [6, 6.07) is 16.9. The zero-order valence-electron chi connectivity index (χ0n) is 19.9. The number of hydrogen-bond acceptors (Lipinski definition) is 5. The maximum atomic E-state index is 13.2. The summed E-state index contributed by atoms with van der Waals surface area (Å²) in [7, 11) is 0. The van der Waals surface area contributed by atoms with Gasteiger partial charge in [0.05, 0.1) is 12.2 Å². The predicted molar refractivity (Wildman–Crippen MR) is 131 cm³/mol. The molecule has 1 fully saturated rings. The Hall–Kier alpha value is -3.80. The molecule has 0 aliphatic carbocycles. The number of carbonyl (C=O) groups is 2. The Labute approximate surface area is 199 Å². The number of hydrogen-bond donors (Lipinski definition) is 1. The van der Waals surface area contributed by atoms with Gasteiger partial charge in [-0.2, -0.15) is 0 Å². The third kappa shape index (κ3) is 4.49. The van der Waals surface area contributed by atoms with E-state index < -0.39 is 17.7 Å². The van der Waals surface area contributed by atoms with Crippen molar-refractivity contribution in [1.29, 1.82) is 0 Å². The molecule has 2 heterocycles. The number of aryl methyl sites for hydroxylation is 2. The smallest absolute Gasteiger partial charge is 0.300 e. The quantitative estimate of drug-likeness (QED) is 0.274. The average Bonchev–Trinajstić information content (AvgIpc) is 3.38.